The molecule has 2 aromatic rings. The van der Waals surface area contributed by atoms with Crippen molar-refractivity contribution >= 4 is 51.5 Å². The summed E-state index contributed by atoms with van der Waals surface area (Å²) in [7, 11) is -4.53. The van der Waals surface area contributed by atoms with Crippen molar-refractivity contribution in [3.05, 3.63) is 59.7 Å². The number of ether oxygens (including phenoxy) is 1. The number of carbonyl (C=O) groups is 6. The Morgan fingerprint density at radius 3 is 2.27 bits per heavy atom. The first-order valence-electron chi connectivity index (χ1n) is 12.2. The molecule has 0 bridgehead atoms. The molecule has 15 heteroatoms. The van der Waals surface area contributed by atoms with Gasteiger partial charge in [0.05, 0.1) is 4.90 Å². The average molecular weight is 584 g/mol. The number of nitrogens with zero attached hydrogens (tertiary/aromatic N) is 2. The van der Waals surface area contributed by atoms with Crippen molar-refractivity contribution in [2.24, 2.45) is 0 Å². The molecule has 0 saturated carbocycles. The molecule has 5 amide bonds. The van der Waals surface area contributed by atoms with Gasteiger partial charge in [-0.1, -0.05) is 17.2 Å². The van der Waals surface area contributed by atoms with Gasteiger partial charge in [0.2, 0.25) is 5.91 Å². The molecule has 212 valence electrons. The first-order valence-corrected chi connectivity index (χ1v) is 13.7. The largest absolute Gasteiger partial charge is 0.533 e. The van der Waals surface area contributed by atoms with E-state index in [9.17, 15) is 41.7 Å². The minimum Gasteiger partial charge on any atom is -0.432 e. The van der Waals surface area contributed by atoms with E-state index in [0.717, 1.165) is 17.1 Å². The van der Waals surface area contributed by atoms with Crippen molar-refractivity contribution in [3.63, 3.8) is 0 Å². The normalized spacial score (nSPS) is 17.6. The topological polar surface area (TPSA) is 194 Å². The van der Waals surface area contributed by atoms with Crippen LogP contribution in [0.2, 0.25) is 0 Å². The summed E-state index contributed by atoms with van der Waals surface area (Å²) in [6, 6.07) is 8.64. The molecular formula is C26H21N3O11S. The number of fused-ring (bicyclic) bond motifs is 3. The van der Waals surface area contributed by atoms with E-state index in [1.807, 2.05) is 0 Å². The molecule has 1 saturated heterocycles. The Balaban J connectivity index is 1.35. The summed E-state index contributed by atoms with van der Waals surface area (Å²) < 4.78 is 38.2. The summed E-state index contributed by atoms with van der Waals surface area (Å²) in [4.78, 5) is 77.0. The van der Waals surface area contributed by atoms with Gasteiger partial charge in [0, 0.05) is 49.6 Å². The van der Waals surface area contributed by atoms with Crippen LogP contribution < -0.4 is 5.32 Å². The van der Waals surface area contributed by atoms with Crippen molar-refractivity contribution in [1.29, 1.82) is 0 Å². The van der Waals surface area contributed by atoms with Crippen molar-refractivity contribution < 1.29 is 51.3 Å². The Morgan fingerprint density at radius 1 is 0.927 bits per heavy atom. The lowest BCUT2D eigenvalue weighted by molar-refractivity contribution is -0.177. The van der Waals surface area contributed by atoms with Gasteiger partial charge in [0.1, 0.15) is 6.61 Å². The highest BCUT2D eigenvalue weighted by Gasteiger charge is 2.35. The van der Waals surface area contributed by atoms with Crippen LogP contribution in [-0.2, 0) is 43.7 Å². The van der Waals surface area contributed by atoms with Crippen molar-refractivity contribution in [1.82, 2.24) is 9.96 Å². The van der Waals surface area contributed by atoms with Crippen LogP contribution in [0.25, 0.3) is 11.1 Å². The predicted octanol–water partition coefficient (Wildman–Crippen LogP) is 1.52. The second-order valence-electron chi connectivity index (χ2n) is 9.27. The molecule has 2 aliphatic heterocycles. The number of hydrogen-bond acceptors (Lipinski definition) is 10. The van der Waals surface area contributed by atoms with Gasteiger partial charge in [0.15, 0.2) is 0 Å². The number of benzene rings is 2. The van der Waals surface area contributed by atoms with Crippen LogP contribution in [0.3, 0.4) is 0 Å². The van der Waals surface area contributed by atoms with E-state index in [4.69, 9.17) is 9.57 Å². The van der Waals surface area contributed by atoms with Gasteiger partial charge < -0.3 is 10.1 Å². The Hall–Kier alpha value is -4.89. The number of anilines is 1. The lowest BCUT2D eigenvalue weighted by atomic mass is 9.97. The fourth-order valence-corrected chi connectivity index (χ4v) is 5.26. The lowest BCUT2D eigenvalue weighted by Crippen LogP contribution is -2.33. The third-order valence-corrected chi connectivity index (χ3v) is 7.55. The van der Waals surface area contributed by atoms with Crippen LogP contribution in [0.5, 0.6) is 0 Å². The van der Waals surface area contributed by atoms with Gasteiger partial charge in [-0.15, -0.1) is 0 Å². The van der Waals surface area contributed by atoms with Crippen molar-refractivity contribution in [3.8, 4) is 11.1 Å². The van der Waals surface area contributed by atoms with Gasteiger partial charge >= 0.3 is 6.16 Å². The molecule has 1 fully saturated rings. The Bertz CT molecular complexity index is 1630. The highest BCUT2D eigenvalue weighted by atomic mass is 32.2. The summed E-state index contributed by atoms with van der Waals surface area (Å²) in [6.07, 6.45) is 0.571. The molecule has 0 aromatic heterocycles. The van der Waals surface area contributed by atoms with Gasteiger partial charge in [-0.3, -0.25) is 38.3 Å². The molecule has 3 aliphatic rings. The van der Waals surface area contributed by atoms with Gasteiger partial charge in [-0.05, 0) is 46.5 Å². The molecule has 5 rings (SSSR count). The summed E-state index contributed by atoms with van der Waals surface area (Å²) >= 11 is 0. The zero-order valence-electron chi connectivity index (χ0n) is 21.1. The summed E-state index contributed by atoms with van der Waals surface area (Å²) in [5.41, 5.74) is 2.36. The van der Waals surface area contributed by atoms with Crippen LogP contribution in [0.15, 0.2) is 53.4 Å². The quantitative estimate of drug-likeness (QED) is 0.260. The Kier molecular flexibility index (Phi) is 7.15. The molecule has 2 aromatic carbocycles. The SMILES string of the molecule is O=C(CCN1C(=O)C=CC1=O)Nc1ccc2c(c1)C(COC(=O)ON1C(=O)CCC1=O)c1ccc(S(=O)(=O)O)cc1-2. The molecular weight excluding hydrogens is 562 g/mol. The van der Waals surface area contributed by atoms with E-state index in [1.54, 1.807) is 18.2 Å². The van der Waals surface area contributed by atoms with E-state index >= 15 is 0 Å². The van der Waals surface area contributed by atoms with Gasteiger partial charge in [0.25, 0.3) is 33.7 Å². The van der Waals surface area contributed by atoms with Crippen LogP contribution in [-0.4, -0.2) is 71.8 Å². The van der Waals surface area contributed by atoms with E-state index in [1.165, 1.54) is 18.2 Å². The molecule has 0 spiro atoms. The summed E-state index contributed by atoms with van der Waals surface area (Å²) in [6.45, 7) is -0.463. The third kappa shape index (κ3) is 5.57. The number of rotatable bonds is 8. The highest BCUT2D eigenvalue weighted by molar-refractivity contribution is 7.85. The van der Waals surface area contributed by atoms with Gasteiger partial charge in [-0.25, -0.2) is 4.79 Å². The smallest absolute Gasteiger partial charge is 0.432 e. The molecule has 1 atom stereocenters. The molecule has 0 radical (unpaired) electrons. The molecule has 1 aliphatic carbocycles. The minimum absolute atomic E-state index is 0.0956. The number of amides is 5. The van der Waals surface area contributed by atoms with E-state index < -0.39 is 51.7 Å². The van der Waals surface area contributed by atoms with Crippen molar-refractivity contribution in [2.45, 2.75) is 30.1 Å². The number of carbonyl (C=O) groups excluding carboxylic acids is 6. The molecule has 14 nitrogen and oxygen atoms in total. The first-order chi connectivity index (χ1) is 19.4. The van der Waals surface area contributed by atoms with E-state index in [2.05, 4.69) is 5.32 Å². The predicted molar refractivity (Wildman–Crippen MR) is 136 cm³/mol. The average Bonchev–Trinajstić information content (AvgIpc) is 3.53. The van der Waals surface area contributed by atoms with Gasteiger partial charge in [-0.2, -0.15) is 8.42 Å². The summed E-state index contributed by atoms with van der Waals surface area (Å²) in [5, 5.41) is 3.01. The molecule has 2 N–H and O–H groups in total. The second-order valence-corrected chi connectivity index (χ2v) is 10.7. The van der Waals surface area contributed by atoms with Crippen molar-refractivity contribution in [2.75, 3.05) is 18.5 Å². The maximum Gasteiger partial charge on any atom is 0.533 e. The first kappa shape index (κ1) is 27.7. The zero-order chi connectivity index (χ0) is 29.5. The Labute approximate surface area is 232 Å². The second kappa shape index (κ2) is 10.6. The fourth-order valence-electron chi connectivity index (χ4n) is 4.75. The number of hydroxylamine groups is 2. The monoisotopic (exact) mass is 583 g/mol. The number of nitrogens with one attached hydrogen (secondary N) is 1. The van der Waals surface area contributed by atoms with Crippen LogP contribution in [0.1, 0.15) is 36.3 Å². The molecule has 41 heavy (non-hydrogen) atoms. The number of imide groups is 2. The van der Waals surface area contributed by atoms with E-state index in [0.29, 0.717) is 33.0 Å². The zero-order valence-corrected chi connectivity index (χ0v) is 21.9. The fraction of sp³-hybridized carbons (Fsp3) is 0.231. The lowest BCUT2D eigenvalue weighted by Gasteiger charge is -2.17. The molecule has 2 heterocycles. The summed E-state index contributed by atoms with van der Waals surface area (Å²) in [5.74, 6) is -3.56. The van der Waals surface area contributed by atoms with E-state index in [-0.39, 0.29) is 37.3 Å². The minimum atomic E-state index is -4.53. The van der Waals surface area contributed by atoms with Crippen LogP contribution >= 0.6 is 0 Å². The maximum atomic E-state index is 12.5. The van der Waals surface area contributed by atoms with Crippen LogP contribution in [0, 0.1) is 0 Å². The third-order valence-electron chi connectivity index (χ3n) is 6.70. The Morgan fingerprint density at radius 2 is 1.61 bits per heavy atom. The maximum absolute atomic E-state index is 12.5. The number of hydrogen-bond donors (Lipinski definition) is 2. The van der Waals surface area contributed by atoms with Crippen LogP contribution in [0.4, 0.5) is 10.5 Å². The molecule has 1 unspecified atom stereocenters. The standard InChI is InChI=1S/C26H21N3O11S/c30-21(9-10-28-22(31)5-6-23(28)32)27-14-1-3-16-18(11-14)20(17-4-2-15(12-19(16)17)41(36,37)38)13-39-26(35)40-29-24(33)7-8-25(29)34/h1-6,11-12,20H,7-10,13H2,(H,27,30)(H,36,37,38). The highest BCUT2D eigenvalue weighted by Crippen LogP contribution is 2.46.